The molecule has 4 aromatic carbocycles. The molecule has 0 unspecified atom stereocenters. The van der Waals surface area contributed by atoms with Crippen molar-refractivity contribution in [3.63, 3.8) is 0 Å². The van der Waals surface area contributed by atoms with Crippen LogP contribution in [0.4, 0.5) is 17.1 Å². The van der Waals surface area contributed by atoms with Crippen molar-refractivity contribution in [1.29, 1.82) is 0 Å². The fourth-order valence-electron chi connectivity index (χ4n) is 5.85. The Morgan fingerprint density at radius 2 is 1.26 bits per heavy atom. The molecule has 0 bridgehead atoms. The summed E-state index contributed by atoms with van der Waals surface area (Å²) in [5, 5.41) is 0. The molecular weight excluding hydrogens is 465 g/mol. The second kappa shape index (κ2) is 8.59. The van der Waals surface area contributed by atoms with E-state index in [4.69, 9.17) is 9.31 Å². The molecule has 192 valence electrons. The van der Waals surface area contributed by atoms with E-state index in [1.807, 2.05) is 0 Å². The van der Waals surface area contributed by atoms with Gasteiger partial charge in [0.2, 0.25) is 0 Å². The maximum absolute atomic E-state index is 6.43. The molecule has 2 aliphatic rings. The van der Waals surface area contributed by atoms with Crippen molar-refractivity contribution in [3.8, 4) is 11.1 Å². The van der Waals surface area contributed by atoms with Crippen LogP contribution in [0.15, 0.2) is 91.0 Å². The average Bonchev–Trinajstić information content (AvgIpc) is 3.11. The van der Waals surface area contributed by atoms with E-state index in [-0.39, 0.29) is 23.7 Å². The second-order valence-corrected chi connectivity index (χ2v) is 12.2. The summed E-state index contributed by atoms with van der Waals surface area (Å²) in [7, 11) is -0.390. The van der Waals surface area contributed by atoms with Crippen LogP contribution in [-0.2, 0) is 14.7 Å². The molecule has 0 aromatic heterocycles. The Labute approximate surface area is 227 Å². The third kappa shape index (κ3) is 3.81. The van der Waals surface area contributed by atoms with Gasteiger partial charge in [0.15, 0.2) is 0 Å². The van der Waals surface area contributed by atoms with Crippen molar-refractivity contribution in [2.45, 2.75) is 65.1 Å². The van der Waals surface area contributed by atoms with Crippen LogP contribution < -0.4 is 10.4 Å². The maximum atomic E-state index is 6.43. The zero-order valence-electron chi connectivity index (χ0n) is 23.5. The molecule has 0 amide bonds. The van der Waals surface area contributed by atoms with Gasteiger partial charge in [0.05, 0.1) is 22.6 Å². The molecule has 0 aliphatic carbocycles. The molecule has 6 rings (SSSR count). The van der Waals surface area contributed by atoms with E-state index in [1.165, 1.54) is 39.2 Å². The first-order valence-electron chi connectivity index (χ1n) is 13.6. The first-order chi connectivity index (χ1) is 18.0. The van der Waals surface area contributed by atoms with Crippen LogP contribution in [0.3, 0.4) is 0 Å². The Hall–Kier alpha value is -3.34. The molecule has 1 fully saturated rings. The first kappa shape index (κ1) is 25.0. The number of fused-ring (bicyclic) bond motifs is 2. The molecule has 3 nitrogen and oxygen atoms in total. The Kier molecular flexibility index (Phi) is 5.64. The fourth-order valence-corrected chi connectivity index (χ4v) is 5.85. The lowest BCUT2D eigenvalue weighted by Crippen LogP contribution is -2.41. The van der Waals surface area contributed by atoms with Crippen molar-refractivity contribution in [1.82, 2.24) is 0 Å². The third-order valence-electron chi connectivity index (χ3n) is 8.83. The number of anilines is 3. The molecular formula is C34H36BNO2. The summed E-state index contributed by atoms with van der Waals surface area (Å²) in [6.45, 7) is 15.3. The van der Waals surface area contributed by atoms with Gasteiger partial charge in [-0.2, -0.15) is 0 Å². The normalized spacial score (nSPS) is 18.7. The minimum atomic E-state index is -0.390. The molecule has 0 N–H and O–H groups in total. The van der Waals surface area contributed by atoms with Gasteiger partial charge in [-0.05, 0) is 92.2 Å². The summed E-state index contributed by atoms with van der Waals surface area (Å²) in [6, 6.07) is 32.9. The summed E-state index contributed by atoms with van der Waals surface area (Å²) < 4.78 is 12.9. The number of benzene rings is 4. The highest BCUT2D eigenvalue weighted by Crippen LogP contribution is 2.52. The van der Waals surface area contributed by atoms with Gasteiger partial charge < -0.3 is 14.2 Å². The highest BCUT2D eigenvalue weighted by Gasteiger charge is 2.52. The zero-order chi connectivity index (χ0) is 26.9. The van der Waals surface area contributed by atoms with Gasteiger partial charge in [0, 0.05) is 11.1 Å². The number of hydrogen-bond acceptors (Lipinski definition) is 3. The van der Waals surface area contributed by atoms with Gasteiger partial charge >= 0.3 is 7.12 Å². The smallest absolute Gasteiger partial charge is 0.399 e. The molecule has 2 aliphatic heterocycles. The zero-order valence-corrected chi connectivity index (χ0v) is 23.5. The minimum Gasteiger partial charge on any atom is -0.399 e. The molecule has 0 radical (unpaired) electrons. The van der Waals surface area contributed by atoms with E-state index < -0.39 is 0 Å². The molecule has 2 heterocycles. The van der Waals surface area contributed by atoms with Crippen molar-refractivity contribution < 1.29 is 9.31 Å². The van der Waals surface area contributed by atoms with Crippen molar-refractivity contribution in [3.05, 3.63) is 108 Å². The van der Waals surface area contributed by atoms with Crippen molar-refractivity contribution >= 4 is 29.6 Å². The minimum absolute atomic E-state index is 0.179. The highest BCUT2D eigenvalue weighted by molar-refractivity contribution is 6.62. The number of hydrogen-bond donors (Lipinski definition) is 0. The van der Waals surface area contributed by atoms with Crippen LogP contribution in [0.25, 0.3) is 11.1 Å². The predicted molar refractivity (Wildman–Crippen MR) is 159 cm³/mol. The standard InChI is InChI=1S/C34H36BNO2/c1-23-21-26(18-19-27(23)24-13-9-8-10-14-24)36-30-16-12-11-15-28(30)32(2,3)29-22-25(17-20-31(29)36)35-37-33(4,5)34(6,7)38-35/h8-22H,1-7H3. The Bertz CT molecular complexity index is 1510. The van der Waals surface area contributed by atoms with E-state index in [1.54, 1.807) is 0 Å². The molecule has 4 aromatic rings. The van der Waals surface area contributed by atoms with Crippen LogP contribution >= 0.6 is 0 Å². The summed E-state index contributed by atoms with van der Waals surface area (Å²) in [5.74, 6) is 0. The van der Waals surface area contributed by atoms with Crippen LogP contribution in [-0.4, -0.2) is 18.3 Å². The first-order valence-corrected chi connectivity index (χ1v) is 13.6. The highest BCUT2D eigenvalue weighted by atomic mass is 16.7. The Morgan fingerprint density at radius 1 is 0.632 bits per heavy atom. The molecule has 38 heavy (non-hydrogen) atoms. The number of nitrogens with zero attached hydrogens (tertiary/aromatic N) is 1. The fraction of sp³-hybridized carbons (Fsp3) is 0.294. The number of para-hydroxylation sites is 1. The van der Waals surface area contributed by atoms with E-state index in [2.05, 4.69) is 144 Å². The van der Waals surface area contributed by atoms with Gasteiger partial charge in [0.25, 0.3) is 0 Å². The van der Waals surface area contributed by atoms with E-state index in [9.17, 15) is 0 Å². The monoisotopic (exact) mass is 501 g/mol. The van der Waals surface area contributed by atoms with Crippen molar-refractivity contribution in [2.75, 3.05) is 4.90 Å². The van der Waals surface area contributed by atoms with Gasteiger partial charge in [-0.1, -0.05) is 80.6 Å². The Morgan fingerprint density at radius 3 is 1.95 bits per heavy atom. The lowest BCUT2D eigenvalue weighted by Gasteiger charge is -2.42. The Balaban J connectivity index is 1.48. The van der Waals surface area contributed by atoms with E-state index in [0.29, 0.717) is 0 Å². The summed E-state index contributed by atoms with van der Waals surface area (Å²) in [4.78, 5) is 2.41. The average molecular weight is 501 g/mol. The molecule has 4 heteroatoms. The molecule has 1 saturated heterocycles. The summed E-state index contributed by atoms with van der Waals surface area (Å²) >= 11 is 0. The number of rotatable bonds is 3. The SMILES string of the molecule is Cc1cc(N2c3ccccc3C(C)(C)c3cc(B4OC(C)(C)C(C)(C)O4)ccc32)ccc1-c1ccccc1. The van der Waals surface area contributed by atoms with Crippen molar-refractivity contribution in [2.24, 2.45) is 0 Å². The van der Waals surface area contributed by atoms with Crippen LogP contribution in [0, 0.1) is 6.92 Å². The van der Waals surface area contributed by atoms with E-state index >= 15 is 0 Å². The largest absolute Gasteiger partial charge is 0.494 e. The van der Waals surface area contributed by atoms with E-state index in [0.717, 1.165) is 11.2 Å². The van der Waals surface area contributed by atoms with Crippen LogP contribution in [0.2, 0.25) is 0 Å². The quantitative estimate of drug-likeness (QED) is 0.265. The lowest BCUT2D eigenvalue weighted by atomic mass is 9.69. The summed E-state index contributed by atoms with van der Waals surface area (Å²) in [5.41, 5.74) is 10.0. The van der Waals surface area contributed by atoms with Gasteiger partial charge in [0.1, 0.15) is 0 Å². The van der Waals surface area contributed by atoms with Gasteiger partial charge in [-0.3, -0.25) is 0 Å². The third-order valence-corrected chi connectivity index (χ3v) is 8.83. The maximum Gasteiger partial charge on any atom is 0.494 e. The lowest BCUT2D eigenvalue weighted by molar-refractivity contribution is 0.00578. The van der Waals surface area contributed by atoms with Gasteiger partial charge in [-0.15, -0.1) is 0 Å². The second-order valence-electron chi connectivity index (χ2n) is 12.2. The van der Waals surface area contributed by atoms with Crippen LogP contribution in [0.5, 0.6) is 0 Å². The molecule has 0 spiro atoms. The predicted octanol–water partition coefficient (Wildman–Crippen LogP) is 8.07. The topological polar surface area (TPSA) is 21.7 Å². The summed E-state index contributed by atoms with van der Waals surface area (Å²) in [6.07, 6.45) is 0. The van der Waals surface area contributed by atoms with Crippen LogP contribution in [0.1, 0.15) is 58.2 Å². The van der Waals surface area contributed by atoms with Gasteiger partial charge in [-0.25, -0.2) is 0 Å². The number of aryl methyl sites for hydroxylation is 1. The molecule has 0 atom stereocenters. The molecule has 0 saturated carbocycles.